The van der Waals surface area contributed by atoms with E-state index in [0.717, 1.165) is 4.47 Å². The molecular formula is C22H16BrClN2O4S. The molecule has 0 N–H and O–H groups in total. The van der Waals surface area contributed by atoms with E-state index in [4.69, 9.17) is 39.7 Å². The quantitative estimate of drug-likeness (QED) is 0.246. The molecule has 1 aliphatic rings. The van der Waals surface area contributed by atoms with Crippen molar-refractivity contribution in [2.45, 2.75) is 0 Å². The molecule has 0 saturated carbocycles. The van der Waals surface area contributed by atoms with Crippen LogP contribution in [0.3, 0.4) is 0 Å². The first kappa shape index (κ1) is 22.8. The Labute approximate surface area is 198 Å². The summed E-state index contributed by atoms with van der Waals surface area (Å²) >= 11 is 14.9. The van der Waals surface area contributed by atoms with Crippen LogP contribution in [0.15, 0.2) is 52.6 Å². The van der Waals surface area contributed by atoms with E-state index in [1.54, 1.807) is 48.5 Å². The maximum Gasteiger partial charge on any atom is 0.325 e. The molecule has 0 aromatic heterocycles. The lowest BCUT2D eigenvalue weighted by Gasteiger charge is -2.19. The van der Waals surface area contributed by atoms with E-state index in [2.05, 4.69) is 21.9 Å². The topological polar surface area (TPSA) is 59.1 Å². The van der Waals surface area contributed by atoms with Crippen LogP contribution in [-0.2, 0) is 14.3 Å². The fourth-order valence-electron chi connectivity index (χ4n) is 2.87. The first-order valence-electron chi connectivity index (χ1n) is 8.91. The standard InChI is InChI=1S/C22H16BrClN2O4S/c1-3-10-30-19-9-4-15(23)11-14(19)12-18-21(28)26(17-7-5-16(24)6-8-17)22(31)25(18)13-20(27)29-2/h1,4-9,11-12H,10,13H2,2H3/b18-12-. The maximum atomic E-state index is 13.4. The van der Waals surface area contributed by atoms with Crippen LogP contribution in [0.1, 0.15) is 5.56 Å². The van der Waals surface area contributed by atoms with Crippen LogP contribution in [0.25, 0.3) is 6.08 Å². The van der Waals surface area contributed by atoms with Crippen LogP contribution in [0.5, 0.6) is 5.75 Å². The summed E-state index contributed by atoms with van der Waals surface area (Å²) in [5.41, 5.74) is 1.30. The molecule has 0 unspecified atom stereocenters. The van der Waals surface area contributed by atoms with Crippen LogP contribution in [0, 0.1) is 12.3 Å². The van der Waals surface area contributed by atoms with E-state index >= 15 is 0 Å². The number of hydrogen-bond acceptors (Lipinski definition) is 5. The van der Waals surface area contributed by atoms with Crippen molar-refractivity contribution < 1.29 is 19.1 Å². The molecule has 2 aromatic carbocycles. The Morgan fingerprint density at radius 3 is 2.65 bits per heavy atom. The van der Waals surface area contributed by atoms with E-state index < -0.39 is 11.9 Å². The second-order valence-electron chi connectivity index (χ2n) is 6.27. The third kappa shape index (κ3) is 5.07. The number of carbonyl (C=O) groups is 2. The number of carbonyl (C=O) groups excluding carboxylic acids is 2. The third-order valence-electron chi connectivity index (χ3n) is 4.31. The molecule has 2 aromatic rings. The zero-order valence-corrected chi connectivity index (χ0v) is 19.5. The molecule has 3 rings (SSSR count). The van der Waals surface area contributed by atoms with Gasteiger partial charge in [0.1, 0.15) is 24.6 Å². The molecule has 0 radical (unpaired) electrons. The summed E-state index contributed by atoms with van der Waals surface area (Å²) in [4.78, 5) is 28.1. The average molecular weight is 520 g/mol. The van der Waals surface area contributed by atoms with Gasteiger partial charge in [-0.1, -0.05) is 33.5 Å². The predicted molar refractivity (Wildman–Crippen MR) is 127 cm³/mol. The molecule has 0 atom stereocenters. The summed E-state index contributed by atoms with van der Waals surface area (Å²) in [5.74, 6) is 1.94. The fourth-order valence-corrected chi connectivity index (χ4v) is 3.73. The van der Waals surface area contributed by atoms with Crippen molar-refractivity contribution in [1.82, 2.24) is 4.90 Å². The maximum absolute atomic E-state index is 13.4. The molecule has 31 heavy (non-hydrogen) atoms. The van der Waals surface area contributed by atoms with E-state index in [1.807, 2.05) is 0 Å². The lowest BCUT2D eigenvalue weighted by atomic mass is 10.1. The number of methoxy groups -OCH3 is 1. The van der Waals surface area contributed by atoms with Gasteiger partial charge in [-0.25, -0.2) is 0 Å². The Morgan fingerprint density at radius 2 is 2.00 bits per heavy atom. The number of nitrogens with zero attached hydrogens (tertiary/aromatic N) is 2. The number of benzene rings is 2. The number of esters is 1. The molecule has 6 nitrogen and oxygen atoms in total. The van der Waals surface area contributed by atoms with Crippen molar-refractivity contribution in [2.75, 3.05) is 25.2 Å². The molecule has 1 aliphatic heterocycles. The summed E-state index contributed by atoms with van der Waals surface area (Å²) in [6.45, 7) is -0.168. The molecule has 9 heteroatoms. The smallest absolute Gasteiger partial charge is 0.325 e. The van der Waals surface area contributed by atoms with Gasteiger partial charge in [0, 0.05) is 15.1 Å². The summed E-state index contributed by atoms with van der Waals surface area (Å²) < 4.78 is 11.1. The number of thiocarbonyl (C=S) groups is 1. The van der Waals surface area contributed by atoms with Crippen molar-refractivity contribution in [3.63, 3.8) is 0 Å². The SMILES string of the molecule is C#CCOc1ccc(Br)cc1/C=C1/C(=O)N(c2ccc(Cl)cc2)C(=S)N1CC(=O)OC. The minimum Gasteiger partial charge on any atom is -0.480 e. The fraction of sp³-hybridized carbons (Fsp3) is 0.136. The number of terminal acetylenes is 1. The highest BCUT2D eigenvalue weighted by molar-refractivity contribution is 9.10. The van der Waals surface area contributed by atoms with Crippen LogP contribution in [0.2, 0.25) is 5.02 Å². The molecule has 158 valence electrons. The summed E-state index contributed by atoms with van der Waals surface area (Å²) in [7, 11) is 1.27. The van der Waals surface area contributed by atoms with Crippen molar-refractivity contribution in [1.29, 1.82) is 0 Å². The second-order valence-corrected chi connectivity index (χ2v) is 7.98. The van der Waals surface area contributed by atoms with Gasteiger partial charge in [0.15, 0.2) is 5.11 Å². The number of hydrogen-bond donors (Lipinski definition) is 0. The highest BCUT2D eigenvalue weighted by atomic mass is 79.9. The van der Waals surface area contributed by atoms with E-state index in [-0.39, 0.29) is 24.0 Å². The monoisotopic (exact) mass is 518 g/mol. The largest absolute Gasteiger partial charge is 0.480 e. The molecule has 0 bridgehead atoms. The van der Waals surface area contributed by atoms with Crippen molar-refractivity contribution in [3.8, 4) is 18.1 Å². The molecular weight excluding hydrogens is 504 g/mol. The Bertz CT molecular complexity index is 1110. The predicted octanol–water partition coefficient (Wildman–Crippen LogP) is 4.26. The first-order valence-corrected chi connectivity index (χ1v) is 10.5. The van der Waals surface area contributed by atoms with Gasteiger partial charge in [-0.2, -0.15) is 0 Å². The van der Waals surface area contributed by atoms with Crippen LogP contribution in [-0.4, -0.2) is 42.2 Å². The second kappa shape index (κ2) is 9.96. The lowest BCUT2D eigenvalue weighted by molar-refractivity contribution is -0.140. The van der Waals surface area contributed by atoms with Gasteiger partial charge in [-0.3, -0.25) is 14.5 Å². The Morgan fingerprint density at radius 1 is 1.29 bits per heavy atom. The van der Waals surface area contributed by atoms with Gasteiger partial charge in [0.25, 0.3) is 5.91 Å². The number of amides is 1. The van der Waals surface area contributed by atoms with Gasteiger partial charge in [0.2, 0.25) is 0 Å². The van der Waals surface area contributed by atoms with E-state index in [0.29, 0.717) is 22.0 Å². The first-order chi connectivity index (χ1) is 14.8. The van der Waals surface area contributed by atoms with Crippen LogP contribution >= 0.6 is 39.7 Å². The van der Waals surface area contributed by atoms with Crippen molar-refractivity contribution in [3.05, 3.63) is 63.2 Å². The molecule has 0 spiro atoms. The Kier molecular flexibility index (Phi) is 7.33. The number of halogens is 2. The van der Waals surface area contributed by atoms with Gasteiger partial charge >= 0.3 is 5.97 Å². The summed E-state index contributed by atoms with van der Waals surface area (Å²) in [6, 6.07) is 11.9. The highest BCUT2D eigenvalue weighted by Gasteiger charge is 2.40. The van der Waals surface area contributed by atoms with Gasteiger partial charge in [-0.15, -0.1) is 6.42 Å². The molecule has 1 saturated heterocycles. The van der Waals surface area contributed by atoms with Crippen molar-refractivity contribution >= 4 is 68.5 Å². The number of anilines is 1. The van der Waals surface area contributed by atoms with E-state index in [1.165, 1.54) is 16.9 Å². The third-order valence-corrected chi connectivity index (χ3v) is 5.46. The molecule has 0 aliphatic carbocycles. The zero-order valence-electron chi connectivity index (χ0n) is 16.3. The highest BCUT2D eigenvalue weighted by Crippen LogP contribution is 2.32. The van der Waals surface area contributed by atoms with Gasteiger partial charge in [-0.05, 0) is 60.8 Å². The number of ether oxygens (including phenoxy) is 2. The average Bonchev–Trinajstić information content (AvgIpc) is 2.98. The van der Waals surface area contributed by atoms with Crippen LogP contribution in [0.4, 0.5) is 5.69 Å². The van der Waals surface area contributed by atoms with E-state index in [9.17, 15) is 9.59 Å². The minimum atomic E-state index is -0.544. The van der Waals surface area contributed by atoms with Crippen molar-refractivity contribution in [2.24, 2.45) is 0 Å². The Hall–Kier alpha value is -2.86. The molecule has 1 fully saturated rings. The van der Waals surface area contributed by atoms with Crippen LogP contribution < -0.4 is 9.64 Å². The number of rotatable bonds is 6. The molecule has 1 amide bonds. The normalized spacial score (nSPS) is 14.7. The van der Waals surface area contributed by atoms with Gasteiger partial charge in [0.05, 0.1) is 12.8 Å². The molecule has 1 heterocycles. The summed E-state index contributed by atoms with van der Waals surface area (Å²) in [5, 5.41) is 0.665. The minimum absolute atomic E-state index is 0.0624. The lowest BCUT2D eigenvalue weighted by Crippen LogP contribution is -2.35. The van der Waals surface area contributed by atoms with Gasteiger partial charge < -0.3 is 14.4 Å². The summed E-state index contributed by atoms with van der Waals surface area (Å²) in [6.07, 6.45) is 6.90. The Balaban J connectivity index is 2.09. The zero-order chi connectivity index (χ0) is 22.5.